The molecule has 6 heteroatoms. The van der Waals surface area contributed by atoms with Gasteiger partial charge in [0.25, 0.3) is 5.91 Å². The summed E-state index contributed by atoms with van der Waals surface area (Å²) in [6.07, 6.45) is 0. The molecule has 0 saturated carbocycles. The lowest BCUT2D eigenvalue weighted by Gasteiger charge is -2.16. The third-order valence-electron chi connectivity index (χ3n) is 3.32. The molecule has 5 nitrogen and oxygen atoms in total. The number of carbonyl (C=O) groups is 2. The van der Waals surface area contributed by atoms with E-state index in [1.807, 2.05) is 37.3 Å². The summed E-state index contributed by atoms with van der Waals surface area (Å²) >= 11 is 5.94. The van der Waals surface area contributed by atoms with Crippen molar-refractivity contribution in [3.8, 4) is 0 Å². The summed E-state index contributed by atoms with van der Waals surface area (Å²) < 4.78 is 0. The van der Waals surface area contributed by atoms with Crippen LogP contribution in [0.25, 0.3) is 0 Å². The monoisotopic (exact) mass is 345 g/mol. The highest BCUT2D eigenvalue weighted by Gasteiger charge is 2.11. The van der Waals surface area contributed by atoms with Gasteiger partial charge in [0.2, 0.25) is 5.91 Å². The number of anilines is 1. The number of benzene rings is 2. The Balaban J connectivity index is 1.71. The Labute approximate surface area is 146 Å². The van der Waals surface area contributed by atoms with E-state index in [0.717, 1.165) is 5.69 Å². The summed E-state index contributed by atoms with van der Waals surface area (Å²) in [4.78, 5) is 23.8. The Kier molecular flexibility index (Phi) is 6.63. The number of nitrogens with one attached hydrogen (secondary N) is 3. The molecule has 0 saturated heterocycles. The van der Waals surface area contributed by atoms with Crippen molar-refractivity contribution >= 4 is 29.1 Å². The number of hydrogen-bond acceptors (Lipinski definition) is 3. The van der Waals surface area contributed by atoms with Crippen molar-refractivity contribution in [1.29, 1.82) is 0 Å². The van der Waals surface area contributed by atoms with Gasteiger partial charge >= 0.3 is 0 Å². The van der Waals surface area contributed by atoms with Crippen LogP contribution in [-0.2, 0) is 4.79 Å². The van der Waals surface area contributed by atoms with Gasteiger partial charge in [-0.1, -0.05) is 41.9 Å². The van der Waals surface area contributed by atoms with E-state index < -0.39 is 0 Å². The molecule has 24 heavy (non-hydrogen) atoms. The number of rotatable bonds is 7. The molecule has 0 bridgehead atoms. The van der Waals surface area contributed by atoms with E-state index in [1.165, 1.54) is 0 Å². The summed E-state index contributed by atoms with van der Waals surface area (Å²) in [6, 6.07) is 16.5. The topological polar surface area (TPSA) is 70.2 Å². The molecule has 0 fully saturated rings. The van der Waals surface area contributed by atoms with Crippen LogP contribution >= 0.6 is 11.6 Å². The quantitative estimate of drug-likeness (QED) is 0.722. The van der Waals surface area contributed by atoms with E-state index in [2.05, 4.69) is 16.0 Å². The van der Waals surface area contributed by atoms with Crippen LogP contribution in [0.15, 0.2) is 54.6 Å². The zero-order valence-corrected chi connectivity index (χ0v) is 14.1. The largest absolute Gasteiger partial charge is 0.381 e. The highest BCUT2D eigenvalue weighted by Crippen LogP contribution is 2.14. The van der Waals surface area contributed by atoms with E-state index in [0.29, 0.717) is 17.1 Å². The Hall–Kier alpha value is -2.53. The Morgan fingerprint density at radius 2 is 1.67 bits per heavy atom. The lowest BCUT2D eigenvalue weighted by Crippen LogP contribution is -2.41. The lowest BCUT2D eigenvalue weighted by molar-refractivity contribution is -0.120. The minimum atomic E-state index is -0.369. The van der Waals surface area contributed by atoms with E-state index in [9.17, 15) is 9.59 Å². The molecular formula is C18H20ClN3O2. The molecule has 0 aliphatic heterocycles. The first kappa shape index (κ1) is 17.8. The molecule has 0 aliphatic rings. The molecule has 2 amide bonds. The van der Waals surface area contributed by atoms with Crippen LogP contribution in [-0.4, -0.2) is 30.9 Å². The predicted molar refractivity (Wildman–Crippen MR) is 96.3 cm³/mol. The molecule has 1 atom stereocenters. The first-order chi connectivity index (χ1) is 11.6. The maximum Gasteiger partial charge on any atom is 0.253 e. The number of para-hydroxylation sites is 1. The molecule has 3 N–H and O–H groups in total. The van der Waals surface area contributed by atoms with Gasteiger partial charge in [-0.15, -0.1) is 0 Å². The van der Waals surface area contributed by atoms with E-state index in [-0.39, 0.29) is 24.4 Å². The van der Waals surface area contributed by atoms with Gasteiger partial charge in [0.05, 0.1) is 17.1 Å². The second-order valence-corrected chi connectivity index (χ2v) is 5.79. The zero-order chi connectivity index (χ0) is 17.4. The Morgan fingerprint density at radius 3 is 2.38 bits per heavy atom. The maximum atomic E-state index is 12.0. The van der Waals surface area contributed by atoms with Crippen molar-refractivity contribution in [3.05, 3.63) is 65.2 Å². The van der Waals surface area contributed by atoms with Crippen LogP contribution in [0.2, 0.25) is 5.02 Å². The zero-order valence-electron chi connectivity index (χ0n) is 13.4. The van der Waals surface area contributed by atoms with Gasteiger partial charge in [-0.3, -0.25) is 9.59 Å². The van der Waals surface area contributed by atoms with Crippen molar-refractivity contribution in [2.45, 2.75) is 13.0 Å². The van der Waals surface area contributed by atoms with Gasteiger partial charge in [-0.2, -0.15) is 0 Å². The SMILES string of the molecule is C[C@@H](CNC(=O)CNC(=O)c1ccccc1Cl)Nc1ccccc1. The highest BCUT2D eigenvalue weighted by atomic mass is 35.5. The standard InChI is InChI=1S/C18H20ClN3O2/c1-13(22-14-7-3-2-4-8-14)11-20-17(23)12-21-18(24)15-9-5-6-10-16(15)19/h2-10,13,22H,11-12H2,1H3,(H,20,23)(H,21,24)/t13-/m0/s1. The molecule has 0 unspecified atom stereocenters. The average molecular weight is 346 g/mol. The van der Waals surface area contributed by atoms with Gasteiger partial charge < -0.3 is 16.0 Å². The average Bonchev–Trinajstić information content (AvgIpc) is 2.59. The van der Waals surface area contributed by atoms with E-state index in [1.54, 1.807) is 24.3 Å². The van der Waals surface area contributed by atoms with Crippen molar-refractivity contribution in [1.82, 2.24) is 10.6 Å². The van der Waals surface area contributed by atoms with Crippen molar-refractivity contribution in [3.63, 3.8) is 0 Å². The normalized spacial score (nSPS) is 11.4. The van der Waals surface area contributed by atoms with Crippen LogP contribution in [0.1, 0.15) is 17.3 Å². The van der Waals surface area contributed by atoms with Gasteiger partial charge in [0.15, 0.2) is 0 Å². The summed E-state index contributed by atoms with van der Waals surface area (Å²) in [7, 11) is 0. The highest BCUT2D eigenvalue weighted by molar-refractivity contribution is 6.33. The van der Waals surface area contributed by atoms with Gasteiger partial charge in [0.1, 0.15) is 0 Å². The summed E-state index contributed by atoms with van der Waals surface area (Å²) in [5, 5.41) is 8.97. The van der Waals surface area contributed by atoms with E-state index >= 15 is 0 Å². The van der Waals surface area contributed by atoms with Crippen molar-refractivity contribution in [2.24, 2.45) is 0 Å². The van der Waals surface area contributed by atoms with Crippen LogP contribution in [0, 0.1) is 0 Å². The van der Waals surface area contributed by atoms with Crippen molar-refractivity contribution < 1.29 is 9.59 Å². The number of amides is 2. The van der Waals surface area contributed by atoms with Crippen LogP contribution < -0.4 is 16.0 Å². The second kappa shape index (κ2) is 8.93. The number of halogens is 1. The molecule has 2 rings (SSSR count). The van der Waals surface area contributed by atoms with Crippen molar-refractivity contribution in [2.75, 3.05) is 18.4 Å². The number of hydrogen-bond donors (Lipinski definition) is 3. The van der Waals surface area contributed by atoms with Crippen LogP contribution in [0.4, 0.5) is 5.69 Å². The number of carbonyl (C=O) groups excluding carboxylic acids is 2. The first-order valence-corrected chi connectivity index (χ1v) is 8.05. The van der Waals surface area contributed by atoms with Gasteiger partial charge in [0, 0.05) is 18.3 Å². The summed E-state index contributed by atoms with van der Waals surface area (Å²) in [5.41, 5.74) is 1.34. The fourth-order valence-corrected chi connectivity index (χ4v) is 2.32. The molecule has 0 heterocycles. The minimum Gasteiger partial charge on any atom is -0.381 e. The first-order valence-electron chi connectivity index (χ1n) is 7.67. The summed E-state index contributed by atoms with van der Waals surface area (Å²) in [6.45, 7) is 2.33. The second-order valence-electron chi connectivity index (χ2n) is 5.38. The minimum absolute atomic E-state index is 0.0654. The van der Waals surface area contributed by atoms with Crippen LogP contribution in [0.5, 0.6) is 0 Å². The third kappa shape index (κ3) is 5.59. The van der Waals surface area contributed by atoms with Gasteiger partial charge in [-0.25, -0.2) is 0 Å². The predicted octanol–water partition coefficient (Wildman–Crippen LogP) is 2.69. The molecule has 0 radical (unpaired) electrons. The van der Waals surface area contributed by atoms with E-state index in [4.69, 9.17) is 11.6 Å². The Bertz CT molecular complexity index is 692. The fourth-order valence-electron chi connectivity index (χ4n) is 2.10. The molecule has 2 aromatic rings. The molecule has 0 spiro atoms. The fraction of sp³-hybridized carbons (Fsp3) is 0.222. The molecule has 0 aliphatic carbocycles. The van der Waals surface area contributed by atoms with Crippen LogP contribution in [0.3, 0.4) is 0 Å². The molecule has 0 aromatic heterocycles. The lowest BCUT2D eigenvalue weighted by atomic mass is 10.2. The molecule has 2 aromatic carbocycles. The maximum absolute atomic E-state index is 12.0. The third-order valence-corrected chi connectivity index (χ3v) is 3.65. The summed E-state index contributed by atoms with van der Waals surface area (Å²) in [5.74, 6) is -0.622. The Morgan fingerprint density at radius 1 is 1.00 bits per heavy atom. The van der Waals surface area contributed by atoms with Gasteiger partial charge in [-0.05, 0) is 31.2 Å². The molecule has 126 valence electrons. The smallest absolute Gasteiger partial charge is 0.253 e. The molecular weight excluding hydrogens is 326 g/mol.